The minimum Gasteiger partial charge on any atom is -0.497 e. The largest absolute Gasteiger partial charge is 0.497 e. The molecule has 1 aromatic rings. The molecule has 0 fully saturated rings. The van der Waals surface area contributed by atoms with E-state index in [1.165, 1.54) is 5.56 Å². The predicted molar refractivity (Wildman–Crippen MR) is 64.2 cm³/mol. The number of nitrogens with two attached hydrogens (primary N) is 1. The lowest BCUT2D eigenvalue weighted by atomic mass is 9.97. The van der Waals surface area contributed by atoms with Gasteiger partial charge < -0.3 is 10.5 Å². The molecule has 0 spiro atoms. The molecule has 2 nitrogen and oxygen atoms in total. The van der Waals surface area contributed by atoms with Crippen LogP contribution in [0.4, 0.5) is 0 Å². The average Bonchev–Trinajstić information content (AvgIpc) is 2.16. The van der Waals surface area contributed by atoms with Crippen LogP contribution < -0.4 is 10.5 Å². The number of hydrogen-bond donors (Lipinski definition) is 1. The van der Waals surface area contributed by atoms with Crippen molar-refractivity contribution in [3.8, 4) is 5.75 Å². The maximum Gasteiger partial charge on any atom is 0.119 e. The highest BCUT2D eigenvalue weighted by Gasteiger charge is 2.09. The molecule has 0 unspecified atom stereocenters. The van der Waals surface area contributed by atoms with Gasteiger partial charge in [0.1, 0.15) is 5.75 Å². The monoisotopic (exact) mass is 207 g/mol. The van der Waals surface area contributed by atoms with Gasteiger partial charge in [-0.25, -0.2) is 0 Å². The summed E-state index contributed by atoms with van der Waals surface area (Å²) in [7, 11) is 1.70. The lowest BCUT2D eigenvalue weighted by molar-refractivity contribution is 0.414. The first-order valence-electron chi connectivity index (χ1n) is 5.43. The van der Waals surface area contributed by atoms with Crippen LogP contribution in [-0.2, 0) is 6.42 Å². The normalized spacial score (nSPS) is 11.5. The van der Waals surface area contributed by atoms with Crippen LogP contribution in [0.5, 0.6) is 5.75 Å². The van der Waals surface area contributed by atoms with Crippen molar-refractivity contribution in [1.82, 2.24) is 0 Å². The van der Waals surface area contributed by atoms with Gasteiger partial charge in [-0.15, -0.1) is 0 Å². The molecule has 0 aliphatic carbocycles. The van der Waals surface area contributed by atoms with Crippen LogP contribution in [0.2, 0.25) is 0 Å². The Morgan fingerprint density at radius 2 is 2.07 bits per heavy atom. The first-order valence-corrected chi connectivity index (χ1v) is 5.43. The molecule has 0 amide bonds. The summed E-state index contributed by atoms with van der Waals surface area (Å²) in [5.41, 5.74) is 7.19. The van der Waals surface area contributed by atoms with Crippen molar-refractivity contribution in [2.24, 2.45) is 5.73 Å². The number of methoxy groups -OCH3 is 1. The quantitative estimate of drug-likeness (QED) is 0.805. The van der Waals surface area contributed by atoms with E-state index in [0.717, 1.165) is 25.0 Å². The van der Waals surface area contributed by atoms with Crippen molar-refractivity contribution >= 4 is 0 Å². The second-order valence-electron chi connectivity index (χ2n) is 4.69. The molecule has 0 saturated carbocycles. The Hall–Kier alpha value is -1.02. The number of rotatable bonds is 5. The van der Waals surface area contributed by atoms with Gasteiger partial charge in [0, 0.05) is 5.54 Å². The zero-order valence-electron chi connectivity index (χ0n) is 9.92. The summed E-state index contributed by atoms with van der Waals surface area (Å²) in [6.45, 7) is 4.14. The Morgan fingerprint density at radius 1 is 1.33 bits per heavy atom. The molecule has 0 aliphatic rings. The molecular weight excluding hydrogens is 186 g/mol. The highest BCUT2D eigenvalue weighted by molar-refractivity contribution is 5.28. The van der Waals surface area contributed by atoms with E-state index in [1.807, 2.05) is 12.1 Å². The molecule has 2 N–H and O–H groups in total. The Labute approximate surface area is 92.4 Å². The van der Waals surface area contributed by atoms with Crippen LogP contribution in [0.3, 0.4) is 0 Å². The summed E-state index contributed by atoms with van der Waals surface area (Å²) in [4.78, 5) is 0. The summed E-state index contributed by atoms with van der Waals surface area (Å²) in [5, 5.41) is 0. The molecule has 0 aromatic heterocycles. The van der Waals surface area contributed by atoms with Crippen LogP contribution in [0.25, 0.3) is 0 Å². The average molecular weight is 207 g/mol. The topological polar surface area (TPSA) is 35.2 Å². The summed E-state index contributed by atoms with van der Waals surface area (Å²) >= 11 is 0. The van der Waals surface area contributed by atoms with Gasteiger partial charge in [-0.1, -0.05) is 12.1 Å². The molecule has 0 radical (unpaired) electrons. The fourth-order valence-corrected chi connectivity index (χ4v) is 1.58. The van der Waals surface area contributed by atoms with Gasteiger partial charge in [-0.2, -0.15) is 0 Å². The predicted octanol–water partition coefficient (Wildman–Crippen LogP) is 2.76. The zero-order valence-corrected chi connectivity index (χ0v) is 9.92. The maximum atomic E-state index is 5.93. The van der Waals surface area contributed by atoms with Crippen LogP contribution >= 0.6 is 0 Å². The van der Waals surface area contributed by atoms with Gasteiger partial charge in [-0.3, -0.25) is 0 Å². The minimum atomic E-state index is -0.0567. The van der Waals surface area contributed by atoms with Gasteiger partial charge in [0.05, 0.1) is 7.11 Å². The van der Waals surface area contributed by atoms with E-state index in [9.17, 15) is 0 Å². The summed E-state index contributed by atoms with van der Waals surface area (Å²) in [6.07, 6.45) is 3.23. The van der Waals surface area contributed by atoms with Crippen molar-refractivity contribution in [1.29, 1.82) is 0 Å². The van der Waals surface area contributed by atoms with Crippen molar-refractivity contribution in [3.05, 3.63) is 29.8 Å². The summed E-state index contributed by atoms with van der Waals surface area (Å²) in [5.74, 6) is 0.930. The van der Waals surface area contributed by atoms with Gasteiger partial charge in [0.2, 0.25) is 0 Å². The highest BCUT2D eigenvalue weighted by atomic mass is 16.5. The van der Waals surface area contributed by atoms with E-state index >= 15 is 0 Å². The number of ether oxygens (including phenoxy) is 1. The number of benzene rings is 1. The number of aryl methyl sites for hydroxylation is 1. The van der Waals surface area contributed by atoms with Gasteiger partial charge in [-0.05, 0) is 50.8 Å². The van der Waals surface area contributed by atoms with Crippen molar-refractivity contribution in [2.45, 2.75) is 38.6 Å². The van der Waals surface area contributed by atoms with Gasteiger partial charge >= 0.3 is 0 Å². The smallest absolute Gasteiger partial charge is 0.119 e. The molecule has 0 atom stereocenters. The highest BCUT2D eigenvalue weighted by Crippen LogP contribution is 2.16. The van der Waals surface area contributed by atoms with Gasteiger partial charge in [0.25, 0.3) is 0 Å². The Morgan fingerprint density at radius 3 is 2.67 bits per heavy atom. The fourth-order valence-electron chi connectivity index (χ4n) is 1.58. The number of hydrogen-bond acceptors (Lipinski definition) is 2. The molecule has 1 aromatic carbocycles. The van der Waals surface area contributed by atoms with Crippen LogP contribution in [0.1, 0.15) is 32.3 Å². The molecule has 0 saturated heterocycles. The third-order valence-corrected chi connectivity index (χ3v) is 2.42. The third-order valence-electron chi connectivity index (χ3n) is 2.42. The van der Waals surface area contributed by atoms with Crippen molar-refractivity contribution < 1.29 is 4.74 Å². The lowest BCUT2D eigenvalue weighted by Gasteiger charge is -2.17. The fraction of sp³-hybridized carbons (Fsp3) is 0.538. The lowest BCUT2D eigenvalue weighted by Crippen LogP contribution is -2.31. The van der Waals surface area contributed by atoms with Crippen LogP contribution in [0.15, 0.2) is 24.3 Å². The SMILES string of the molecule is COc1cccc(CCCC(C)(C)N)c1. The Bertz CT molecular complexity index is 302. The molecule has 0 bridgehead atoms. The Balaban J connectivity index is 2.44. The van der Waals surface area contributed by atoms with Crippen LogP contribution in [-0.4, -0.2) is 12.6 Å². The molecular formula is C13H21NO. The maximum absolute atomic E-state index is 5.93. The van der Waals surface area contributed by atoms with Crippen LogP contribution in [0, 0.1) is 0 Å². The van der Waals surface area contributed by atoms with E-state index in [1.54, 1.807) is 7.11 Å². The van der Waals surface area contributed by atoms with E-state index in [2.05, 4.69) is 26.0 Å². The first kappa shape index (κ1) is 12.1. The van der Waals surface area contributed by atoms with E-state index < -0.39 is 0 Å². The Kier molecular flexibility index (Phi) is 4.15. The second kappa shape index (κ2) is 5.17. The van der Waals surface area contributed by atoms with E-state index in [-0.39, 0.29) is 5.54 Å². The second-order valence-corrected chi connectivity index (χ2v) is 4.69. The molecule has 0 aliphatic heterocycles. The summed E-state index contributed by atoms with van der Waals surface area (Å²) in [6, 6.07) is 8.22. The molecule has 0 heterocycles. The van der Waals surface area contributed by atoms with Gasteiger partial charge in [0.15, 0.2) is 0 Å². The zero-order chi connectivity index (χ0) is 11.3. The third kappa shape index (κ3) is 4.84. The molecule has 15 heavy (non-hydrogen) atoms. The standard InChI is InChI=1S/C13H21NO/c1-13(2,14)9-5-7-11-6-4-8-12(10-11)15-3/h4,6,8,10H,5,7,9,14H2,1-3H3. The molecule has 84 valence electrons. The summed E-state index contributed by atoms with van der Waals surface area (Å²) < 4.78 is 5.18. The van der Waals surface area contributed by atoms with E-state index in [0.29, 0.717) is 0 Å². The molecule has 1 rings (SSSR count). The van der Waals surface area contributed by atoms with E-state index in [4.69, 9.17) is 10.5 Å². The van der Waals surface area contributed by atoms with Crippen molar-refractivity contribution in [3.63, 3.8) is 0 Å². The first-order chi connectivity index (χ1) is 7.01. The minimum absolute atomic E-state index is 0.0567. The van der Waals surface area contributed by atoms with Crippen molar-refractivity contribution in [2.75, 3.05) is 7.11 Å². The molecule has 2 heteroatoms.